The number of carboxylic acid groups (broad SMARTS) is 1. The first-order chi connectivity index (χ1) is 10.0. The van der Waals surface area contributed by atoms with Gasteiger partial charge < -0.3 is 10.4 Å². The number of rotatable bonds is 3. The zero-order chi connectivity index (χ0) is 15.0. The van der Waals surface area contributed by atoms with Crippen molar-refractivity contribution >= 4 is 34.2 Å². The number of nitrogens with one attached hydrogen (secondary N) is 1. The number of hydrogen-bond acceptors (Lipinski definition) is 3. The number of aliphatic carboxylic acids is 1. The standard InChI is InChI=1S/C16H17ClN2O2/c1-16(15(20)21)7-2-3-14(16)19-12-6-8-18-13-9-10(17)4-5-11(12)13/h4-6,8-9,14H,2-3,7H2,1H3,(H,18,19)(H,20,21). The maximum Gasteiger partial charge on any atom is 0.311 e. The van der Waals surface area contributed by atoms with Gasteiger partial charge in [0.25, 0.3) is 0 Å². The zero-order valence-corrected chi connectivity index (χ0v) is 12.5. The Morgan fingerprint density at radius 2 is 2.29 bits per heavy atom. The van der Waals surface area contributed by atoms with Gasteiger partial charge in [0.15, 0.2) is 0 Å². The van der Waals surface area contributed by atoms with Crippen molar-refractivity contribution in [3.8, 4) is 0 Å². The number of benzene rings is 1. The van der Waals surface area contributed by atoms with E-state index in [1.54, 1.807) is 6.20 Å². The van der Waals surface area contributed by atoms with E-state index in [2.05, 4.69) is 10.3 Å². The minimum atomic E-state index is -0.737. The van der Waals surface area contributed by atoms with E-state index in [0.717, 1.165) is 29.4 Å². The lowest BCUT2D eigenvalue weighted by Crippen LogP contribution is -2.40. The van der Waals surface area contributed by atoms with Crippen molar-refractivity contribution < 1.29 is 9.90 Å². The molecule has 2 atom stereocenters. The summed E-state index contributed by atoms with van der Waals surface area (Å²) in [5.74, 6) is -0.737. The van der Waals surface area contributed by atoms with Crippen molar-refractivity contribution in [1.82, 2.24) is 4.98 Å². The van der Waals surface area contributed by atoms with Crippen LogP contribution in [0.5, 0.6) is 0 Å². The third kappa shape index (κ3) is 2.44. The topological polar surface area (TPSA) is 62.2 Å². The summed E-state index contributed by atoms with van der Waals surface area (Å²) in [6, 6.07) is 7.36. The number of carbonyl (C=O) groups is 1. The molecule has 0 saturated heterocycles. The van der Waals surface area contributed by atoms with Gasteiger partial charge in [0.05, 0.1) is 10.9 Å². The molecule has 0 bridgehead atoms. The van der Waals surface area contributed by atoms with Gasteiger partial charge in [-0.3, -0.25) is 9.78 Å². The largest absolute Gasteiger partial charge is 0.481 e. The molecule has 4 nitrogen and oxygen atoms in total. The van der Waals surface area contributed by atoms with E-state index in [0.29, 0.717) is 11.4 Å². The highest BCUT2D eigenvalue weighted by molar-refractivity contribution is 6.31. The van der Waals surface area contributed by atoms with Crippen LogP contribution in [0.25, 0.3) is 10.9 Å². The molecule has 1 aliphatic carbocycles. The monoisotopic (exact) mass is 304 g/mol. The van der Waals surface area contributed by atoms with Crippen LogP contribution in [0.3, 0.4) is 0 Å². The number of pyridine rings is 1. The molecule has 1 aromatic heterocycles. The molecule has 2 N–H and O–H groups in total. The smallest absolute Gasteiger partial charge is 0.311 e. The van der Waals surface area contributed by atoms with Crippen molar-refractivity contribution in [2.75, 3.05) is 5.32 Å². The molecule has 21 heavy (non-hydrogen) atoms. The molecule has 0 spiro atoms. The quantitative estimate of drug-likeness (QED) is 0.901. The Morgan fingerprint density at radius 1 is 1.48 bits per heavy atom. The third-order valence-electron chi connectivity index (χ3n) is 4.48. The minimum absolute atomic E-state index is 0.0729. The van der Waals surface area contributed by atoms with Crippen molar-refractivity contribution in [2.24, 2.45) is 5.41 Å². The number of halogens is 1. The molecule has 0 radical (unpaired) electrons. The van der Waals surface area contributed by atoms with Gasteiger partial charge in [-0.25, -0.2) is 0 Å². The Kier molecular flexibility index (Phi) is 3.49. The van der Waals surface area contributed by atoms with Gasteiger partial charge in [0.2, 0.25) is 0 Å². The average molecular weight is 305 g/mol. The van der Waals surface area contributed by atoms with Crippen LogP contribution in [0.4, 0.5) is 5.69 Å². The first kappa shape index (κ1) is 14.1. The fraction of sp³-hybridized carbons (Fsp3) is 0.375. The van der Waals surface area contributed by atoms with Crippen LogP contribution >= 0.6 is 11.6 Å². The molecule has 110 valence electrons. The number of carboxylic acids is 1. The number of fused-ring (bicyclic) bond motifs is 1. The van der Waals surface area contributed by atoms with E-state index in [9.17, 15) is 9.90 Å². The molecular formula is C16H17ClN2O2. The van der Waals surface area contributed by atoms with Crippen LogP contribution in [0.15, 0.2) is 30.5 Å². The molecule has 2 unspecified atom stereocenters. The lowest BCUT2D eigenvalue weighted by Gasteiger charge is -2.29. The summed E-state index contributed by atoms with van der Waals surface area (Å²) in [7, 11) is 0. The first-order valence-corrected chi connectivity index (χ1v) is 7.43. The molecule has 0 aliphatic heterocycles. The van der Waals surface area contributed by atoms with Crippen LogP contribution in [-0.2, 0) is 4.79 Å². The van der Waals surface area contributed by atoms with Gasteiger partial charge in [-0.1, -0.05) is 18.0 Å². The SMILES string of the molecule is CC1(C(=O)O)CCCC1Nc1ccnc2cc(Cl)ccc12. The second-order valence-corrected chi connectivity index (χ2v) is 6.27. The Balaban J connectivity index is 1.97. The molecule has 3 rings (SSSR count). The van der Waals surface area contributed by atoms with Crippen LogP contribution in [-0.4, -0.2) is 22.1 Å². The van der Waals surface area contributed by atoms with Crippen molar-refractivity contribution in [2.45, 2.75) is 32.2 Å². The van der Waals surface area contributed by atoms with Crippen LogP contribution in [0.1, 0.15) is 26.2 Å². The lowest BCUT2D eigenvalue weighted by molar-refractivity contribution is -0.147. The second-order valence-electron chi connectivity index (χ2n) is 5.83. The average Bonchev–Trinajstić information content (AvgIpc) is 2.81. The highest BCUT2D eigenvalue weighted by Crippen LogP contribution is 2.40. The molecule has 1 aliphatic rings. The predicted octanol–water partition coefficient (Wildman–Crippen LogP) is 3.94. The second kappa shape index (κ2) is 5.19. The van der Waals surface area contributed by atoms with E-state index in [1.165, 1.54) is 0 Å². The molecule has 5 heteroatoms. The minimum Gasteiger partial charge on any atom is -0.481 e. The van der Waals surface area contributed by atoms with E-state index in [1.807, 2.05) is 31.2 Å². The summed E-state index contributed by atoms with van der Waals surface area (Å²) in [5, 5.41) is 14.5. The van der Waals surface area contributed by atoms with Crippen LogP contribution < -0.4 is 5.32 Å². The van der Waals surface area contributed by atoms with E-state index >= 15 is 0 Å². The molecule has 0 amide bonds. The highest BCUT2D eigenvalue weighted by Gasteiger charge is 2.45. The maximum atomic E-state index is 11.6. The third-order valence-corrected chi connectivity index (χ3v) is 4.72. The normalized spacial score (nSPS) is 25.1. The Morgan fingerprint density at radius 3 is 3.05 bits per heavy atom. The summed E-state index contributed by atoms with van der Waals surface area (Å²) in [5.41, 5.74) is 1.00. The summed E-state index contributed by atoms with van der Waals surface area (Å²) in [4.78, 5) is 15.9. The molecule has 1 saturated carbocycles. The van der Waals surface area contributed by atoms with Crippen molar-refractivity contribution in [1.29, 1.82) is 0 Å². The maximum absolute atomic E-state index is 11.6. The molecular weight excluding hydrogens is 288 g/mol. The first-order valence-electron chi connectivity index (χ1n) is 7.05. The Bertz CT molecular complexity index is 704. The lowest BCUT2D eigenvalue weighted by atomic mass is 9.84. The predicted molar refractivity (Wildman–Crippen MR) is 83.8 cm³/mol. The van der Waals surface area contributed by atoms with Gasteiger partial charge in [-0.05, 0) is 44.0 Å². The van der Waals surface area contributed by atoms with E-state index in [4.69, 9.17) is 11.6 Å². The Hall–Kier alpha value is -1.81. The summed E-state index contributed by atoms with van der Waals surface area (Å²) < 4.78 is 0. The number of aromatic nitrogens is 1. The van der Waals surface area contributed by atoms with Crippen molar-refractivity contribution in [3.05, 3.63) is 35.5 Å². The van der Waals surface area contributed by atoms with E-state index < -0.39 is 11.4 Å². The number of anilines is 1. The van der Waals surface area contributed by atoms with E-state index in [-0.39, 0.29) is 6.04 Å². The van der Waals surface area contributed by atoms with Crippen LogP contribution in [0.2, 0.25) is 5.02 Å². The fourth-order valence-corrected chi connectivity index (χ4v) is 3.25. The summed E-state index contributed by atoms with van der Waals surface area (Å²) >= 11 is 5.99. The molecule has 1 aromatic carbocycles. The fourth-order valence-electron chi connectivity index (χ4n) is 3.09. The van der Waals surface area contributed by atoms with Crippen molar-refractivity contribution in [3.63, 3.8) is 0 Å². The van der Waals surface area contributed by atoms with Gasteiger partial charge in [-0.15, -0.1) is 0 Å². The van der Waals surface area contributed by atoms with Crippen LogP contribution in [0, 0.1) is 5.41 Å². The zero-order valence-electron chi connectivity index (χ0n) is 11.8. The van der Waals surface area contributed by atoms with Gasteiger partial charge in [0, 0.05) is 28.3 Å². The number of hydrogen-bond donors (Lipinski definition) is 2. The van der Waals surface area contributed by atoms with Gasteiger partial charge in [-0.2, -0.15) is 0 Å². The Labute approximate surface area is 128 Å². The highest BCUT2D eigenvalue weighted by atomic mass is 35.5. The summed E-state index contributed by atoms with van der Waals surface area (Å²) in [6.45, 7) is 1.82. The molecule has 2 aromatic rings. The number of nitrogens with zero attached hydrogens (tertiary/aromatic N) is 1. The molecule has 1 fully saturated rings. The summed E-state index contributed by atoms with van der Waals surface area (Å²) in [6.07, 6.45) is 4.21. The molecule has 1 heterocycles. The van der Waals surface area contributed by atoms with Gasteiger partial charge in [0.1, 0.15) is 0 Å². The van der Waals surface area contributed by atoms with Gasteiger partial charge >= 0.3 is 5.97 Å².